The minimum absolute atomic E-state index is 0.209. The molecule has 4 heteroatoms. The number of methoxy groups -OCH3 is 1. The average molecular weight is 212 g/mol. The highest BCUT2D eigenvalue weighted by molar-refractivity contribution is 7.80. The lowest BCUT2D eigenvalue weighted by Crippen LogP contribution is -1.79. The van der Waals surface area contributed by atoms with Crippen LogP contribution in [0.1, 0.15) is 0 Å². The van der Waals surface area contributed by atoms with E-state index in [-0.39, 0.29) is 5.75 Å². The molecule has 2 rings (SSSR count). The zero-order valence-electron chi connectivity index (χ0n) is 6.94. The highest BCUT2D eigenvalue weighted by Crippen LogP contribution is 2.39. The van der Waals surface area contributed by atoms with Gasteiger partial charge in [-0.05, 0) is 12.1 Å². The minimum atomic E-state index is 0.209. The van der Waals surface area contributed by atoms with E-state index >= 15 is 0 Å². The van der Waals surface area contributed by atoms with E-state index in [2.05, 4.69) is 12.6 Å². The number of ether oxygens (including phenoxy) is 1. The highest BCUT2D eigenvalue weighted by Gasteiger charge is 2.09. The molecule has 0 fully saturated rings. The Morgan fingerprint density at radius 2 is 2.23 bits per heavy atom. The zero-order chi connectivity index (χ0) is 9.42. The quantitative estimate of drug-likeness (QED) is 0.712. The number of fused-ring (bicyclic) bond motifs is 1. The van der Waals surface area contributed by atoms with E-state index in [1.165, 1.54) is 11.3 Å². The lowest BCUT2D eigenvalue weighted by atomic mass is 10.2. The number of rotatable bonds is 1. The van der Waals surface area contributed by atoms with Gasteiger partial charge in [0.1, 0.15) is 11.5 Å². The summed E-state index contributed by atoms with van der Waals surface area (Å²) in [6.07, 6.45) is 0. The second-order valence-electron chi connectivity index (χ2n) is 2.61. The van der Waals surface area contributed by atoms with E-state index in [0.29, 0.717) is 4.90 Å². The summed E-state index contributed by atoms with van der Waals surface area (Å²) in [5.74, 6) is 1.04. The molecule has 0 aliphatic rings. The lowest BCUT2D eigenvalue weighted by molar-refractivity contribution is 0.421. The number of aromatic hydroxyl groups is 1. The van der Waals surface area contributed by atoms with E-state index in [1.807, 2.05) is 11.4 Å². The van der Waals surface area contributed by atoms with Crippen LogP contribution >= 0.6 is 24.0 Å². The molecule has 0 atom stereocenters. The van der Waals surface area contributed by atoms with Crippen LogP contribution in [-0.2, 0) is 0 Å². The maximum absolute atomic E-state index is 9.39. The van der Waals surface area contributed by atoms with Gasteiger partial charge in [-0.15, -0.1) is 24.0 Å². The van der Waals surface area contributed by atoms with Crippen molar-refractivity contribution >= 4 is 34.1 Å². The monoisotopic (exact) mass is 212 g/mol. The van der Waals surface area contributed by atoms with Crippen molar-refractivity contribution in [1.82, 2.24) is 0 Å². The zero-order valence-corrected chi connectivity index (χ0v) is 8.65. The van der Waals surface area contributed by atoms with E-state index in [4.69, 9.17) is 4.74 Å². The molecule has 0 unspecified atom stereocenters. The highest BCUT2D eigenvalue weighted by atomic mass is 32.1. The van der Waals surface area contributed by atoms with Gasteiger partial charge in [-0.3, -0.25) is 0 Å². The molecule has 1 aromatic heterocycles. The third kappa shape index (κ3) is 1.26. The predicted molar refractivity (Wildman–Crippen MR) is 57.3 cm³/mol. The van der Waals surface area contributed by atoms with Crippen molar-refractivity contribution in [1.29, 1.82) is 0 Å². The third-order valence-electron chi connectivity index (χ3n) is 1.88. The summed E-state index contributed by atoms with van der Waals surface area (Å²) < 4.78 is 6.12. The van der Waals surface area contributed by atoms with Crippen molar-refractivity contribution in [2.45, 2.75) is 4.90 Å². The number of phenolic OH excluding ortho intramolecular Hbond substituents is 1. The molecule has 68 valence electrons. The van der Waals surface area contributed by atoms with E-state index in [1.54, 1.807) is 13.2 Å². The number of thiophene rings is 1. The molecule has 1 aromatic carbocycles. The van der Waals surface area contributed by atoms with Gasteiger partial charge in [0.25, 0.3) is 0 Å². The second kappa shape index (κ2) is 3.12. The molecule has 0 saturated heterocycles. The molecule has 2 aromatic rings. The normalized spacial score (nSPS) is 10.6. The first kappa shape index (κ1) is 8.72. The van der Waals surface area contributed by atoms with Crippen LogP contribution in [0.5, 0.6) is 11.5 Å². The fraction of sp³-hybridized carbons (Fsp3) is 0.111. The minimum Gasteiger partial charge on any atom is -0.507 e. The van der Waals surface area contributed by atoms with Gasteiger partial charge in [0.2, 0.25) is 0 Å². The SMILES string of the molecule is COc1csc2c(S)c(O)ccc12. The van der Waals surface area contributed by atoms with Crippen molar-refractivity contribution in [3.8, 4) is 11.5 Å². The Bertz CT molecular complexity index is 448. The number of hydrogen-bond donors (Lipinski definition) is 2. The van der Waals surface area contributed by atoms with Crippen LogP contribution in [0.3, 0.4) is 0 Å². The second-order valence-corrected chi connectivity index (χ2v) is 3.94. The summed E-state index contributed by atoms with van der Waals surface area (Å²) in [7, 11) is 1.63. The molecule has 0 radical (unpaired) electrons. The lowest BCUT2D eigenvalue weighted by Gasteiger charge is -1.99. The first-order chi connectivity index (χ1) is 6.24. The van der Waals surface area contributed by atoms with E-state index in [0.717, 1.165) is 15.8 Å². The number of phenols is 1. The molecular weight excluding hydrogens is 204 g/mol. The molecule has 2 nitrogen and oxygen atoms in total. The van der Waals surface area contributed by atoms with Gasteiger partial charge in [-0.2, -0.15) is 0 Å². The predicted octanol–water partition coefficient (Wildman–Crippen LogP) is 2.90. The maximum Gasteiger partial charge on any atom is 0.137 e. The molecule has 0 bridgehead atoms. The van der Waals surface area contributed by atoms with Gasteiger partial charge in [0, 0.05) is 10.8 Å². The maximum atomic E-state index is 9.39. The van der Waals surface area contributed by atoms with Gasteiger partial charge in [-0.25, -0.2) is 0 Å². The van der Waals surface area contributed by atoms with Crippen molar-refractivity contribution in [3.05, 3.63) is 17.5 Å². The molecule has 1 heterocycles. The van der Waals surface area contributed by atoms with Gasteiger partial charge >= 0.3 is 0 Å². The smallest absolute Gasteiger partial charge is 0.137 e. The van der Waals surface area contributed by atoms with Crippen molar-refractivity contribution in [2.24, 2.45) is 0 Å². The van der Waals surface area contributed by atoms with Gasteiger partial charge in [0.05, 0.1) is 16.7 Å². The summed E-state index contributed by atoms with van der Waals surface area (Å²) in [5.41, 5.74) is 0. The molecule has 0 aliphatic heterocycles. The van der Waals surface area contributed by atoms with Gasteiger partial charge in [0.15, 0.2) is 0 Å². The first-order valence-electron chi connectivity index (χ1n) is 3.70. The van der Waals surface area contributed by atoms with Gasteiger partial charge in [-0.1, -0.05) is 0 Å². The van der Waals surface area contributed by atoms with E-state index < -0.39 is 0 Å². The molecule has 0 spiro atoms. The molecule has 13 heavy (non-hydrogen) atoms. The molecule has 1 N–H and O–H groups in total. The number of thiol groups is 1. The fourth-order valence-corrected chi connectivity index (χ4v) is 2.52. The third-order valence-corrected chi connectivity index (χ3v) is 3.48. The van der Waals surface area contributed by atoms with Crippen LogP contribution in [0, 0.1) is 0 Å². The number of hydrogen-bond acceptors (Lipinski definition) is 4. The van der Waals surface area contributed by atoms with Crippen molar-refractivity contribution in [3.63, 3.8) is 0 Å². The fourth-order valence-electron chi connectivity index (χ4n) is 1.21. The van der Waals surface area contributed by atoms with Crippen LogP contribution in [0.2, 0.25) is 0 Å². The Balaban J connectivity index is 2.81. The Labute approximate surface area is 85.2 Å². The summed E-state index contributed by atoms with van der Waals surface area (Å²) in [5, 5.41) is 12.3. The summed E-state index contributed by atoms with van der Waals surface area (Å²) in [6.45, 7) is 0. The Morgan fingerprint density at radius 3 is 2.92 bits per heavy atom. The van der Waals surface area contributed by atoms with Gasteiger partial charge < -0.3 is 9.84 Å². The first-order valence-corrected chi connectivity index (χ1v) is 5.03. The van der Waals surface area contributed by atoms with Crippen molar-refractivity contribution < 1.29 is 9.84 Å². The van der Waals surface area contributed by atoms with Crippen LogP contribution < -0.4 is 4.74 Å². The molecule has 0 saturated carbocycles. The summed E-state index contributed by atoms with van der Waals surface area (Å²) in [6, 6.07) is 3.46. The van der Waals surface area contributed by atoms with Crippen LogP contribution in [0.15, 0.2) is 22.4 Å². The molecule has 0 amide bonds. The van der Waals surface area contributed by atoms with Crippen LogP contribution in [0.4, 0.5) is 0 Å². The van der Waals surface area contributed by atoms with Crippen molar-refractivity contribution in [2.75, 3.05) is 7.11 Å². The standard InChI is InChI=1S/C9H8O2S2/c1-11-7-4-13-9-5(7)2-3-6(10)8(9)12/h2-4,10,12H,1H3. The van der Waals surface area contributed by atoms with E-state index in [9.17, 15) is 5.11 Å². The molecular formula is C9H8O2S2. The largest absolute Gasteiger partial charge is 0.507 e. The van der Waals surface area contributed by atoms with Crippen LogP contribution in [0.25, 0.3) is 10.1 Å². The Kier molecular flexibility index (Phi) is 2.09. The Morgan fingerprint density at radius 1 is 1.46 bits per heavy atom. The van der Waals surface area contributed by atoms with Crippen LogP contribution in [-0.4, -0.2) is 12.2 Å². The average Bonchev–Trinajstić information content (AvgIpc) is 2.55. The summed E-state index contributed by atoms with van der Waals surface area (Å²) >= 11 is 5.74. The Hall–Kier alpha value is -0.870. The topological polar surface area (TPSA) is 29.5 Å². The number of benzene rings is 1. The summed E-state index contributed by atoms with van der Waals surface area (Å²) in [4.78, 5) is 0.616. The molecule has 0 aliphatic carbocycles.